The Bertz CT molecular complexity index is 789. The molecule has 0 unspecified atom stereocenters. The molecule has 0 amide bonds. The van der Waals surface area contributed by atoms with Crippen molar-refractivity contribution in [1.82, 2.24) is 10.2 Å². The topological polar surface area (TPSA) is 88.6 Å². The van der Waals surface area contributed by atoms with Crippen LogP contribution in [0.2, 0.25) is 0 Å². The molecule has 0 bridgehead atoms. The van der Waals surface area contributed by atoms with E-state index in [4.69, 9.17) is 9.15 Å². The van der Waals surface area contributed by atoms with Gasteiger partial charge < -0.3 is 19.4 Å². The Morgan fingerprint density at radius 2 is 1.86 bits per heavy atom. The van der Waals surface area contributed by atoms with Gasteiger partial charge in [0.1, 0.15) is 0 Å². The van der Waals surface area contributed by atoms with Crippen molar-refractivity contribution >= 4 is 11.8 Å². The van der Waals surface area contributed by atoms with Crippen LogP contribution in [-0.2, 0) is 0 Å². The fraction of sp³-hybridized carbons (Fsp3) is 0.0667. The molecule has 2 aromatic carbocycles. The average Bonchev–Trinajstić information content (AvgIpc) is 3.00. The maximum absolute atomic E-state index is 9.66. The molecule has 2 N–H and O–H groups in total. The molecule has 7 heteroatoms. The molecule has 0 atom stereocenters. The maximum Gasteiger partial charge on any atom is 0.281 e. The smallest absolute Gasteiger partial charge is 0.281 e. The average molecular weight is 316 g/mol. The van der Waals surface area contributed by atoms with Gasteiger partial charge in [-0.25, -0.2) is 0 Å². The Morgan fingerprint density at radius 1 is 1.09 bits per heavy atom. The Labute approximate surface area is 130 Å². The second kappa shape index (κ2) is 5.98. The summed E-state index contributed by atoms with van der Waals surface area (Å²) in [6, 6.07) is 12.4. The number of methoxy groups -OCH3 is 1. The number of ether oxygens (including phenoxy) is 1. The molecule has 0 aliphatic rings. The molecule has 3 aromatic rings. The van der Waals surface area contributed by atoms with Gasteiger partial charge in [-0.05, 0) is 36.0 Å². The molecule has 1 heterocycles. The number of hydrogen-bond acceptors (Lipinski definition) is 7. The van der Waals surface area contributed by atoms with Crippen LogP contribution in [0.15, 0.2) is 57.0 Å². The highest BCUT2D eigenvalue weighted by atomic mass is 32.2. The summed E-state index contributed by atoms with van der Waals surface area (Å²) in [4.78, 5) is 0.607. The highest BCUT2D eigenvalue weighted by molar-refractivity contribution is 7.99. The molecule has 0 radical (unpaired) electrons. The summed E-state index contributed by atoms with van der Waals surface area (Å²) >= 11 is 1.16. The Morgan fingerprint density at radius 3 is 2.59 bits per heavy atom. The summed E-state index contributed by atoms with van der Waals surface area (Å²) < 4.78 is 10.6. The first-order chi connectivity index (χ1) is 10.7. The van der Waals surface area contributed by atoms with Gasteiger partial charge in [-0.15, -0.1) is 10.2 Å². The fourth-order valence-corrected chi connectivity index (χ4v) is 2.57. The quantitative estimate of drug-likeness (QED) is 0.714. The van der Waals surface area contributed by atoms with Gasteiger partial charge >= 0.3 is 0 Å². The van der Waals surface area contributed by atoms with Crippen molar-refractivity contribution in [2.75, 3.05) is 7.11 Å². The van der Waals surface area contributed by atoms with Crippen LogP contribution in [0.1, 0.15) is 0 Å². The second-order valence-electron chi connectivity index (χ2n) is 4.33. The van der Waals surface area contributed by atoms with Crippen molar-refractivity contribution < 1.29 is 19.4 Å². The van der Waals surface area contributed by atoms with Crippen LogP contribution in [0.5, 0.6) is 17.2 Å². The number of rotatable bonds is 4. The van der Waals surface area contributed by atoms with Gasteiger partial charge in [0.15, 0.2) is 11.5 Å². The van der Waals surface area contributed by atoms with E-state index in [-0.39, 0.29) is 17.2 Å². The molecule has 0 fully saturated rings. The second-order valence-corrected chi connectivity index (χ2v) is 5.36. The highest BCUT2D eigenvalue weighted by Gasteiger charge is 2.14. The molecule has 1 aromatic heterocycles. The van der Waals surface area contributed by atoms with Crippen molar-refractivity contribution in [3.8, 4) is 28.7 Å². The van der Waals surface area contributed by atoms with Crippen LogP contribution in [0, 0.1) is 0 Å². The molecule has 0 aliphatic heterocycles. The Kier molecular flexibility index (Phi) is 3.88. The normalized spacial score (nSPS) is 10.6. The Balaban J connectivity index is 1.85. The lowest BCUT2D eigenvalue weighted by Gasteiger charge is -2.06. The minimum atomic E-state index is -0.303. The van der Waals surface area contributed by atoms with E-state index in [1.807, 2.05) is 30.3 Å². The molecule has 22 heavy (non-hydrogen) atoms. The first-order valence-corrected chi connectivity index (χ1v) is 7.16. The van der Waals surface area contributed by atoms with Gasteiger partial charge in [-0.2, -0.15) is 0 Å². The molecule has 0 saturated carbocycles. The number of benzene rings is 2. The number of aromatic hydroxyl groups is 2. The SMILES string of the molecule is COc1cc(Sc2nnc(-c3ccccc3)o2)cc(O)c1O. The summed E-state index contributed by atoms with van der Waals surface area (Å²) in [7, 11) is 1.41. The molecule has 0 saturated heterocycles. The lowest BCUT2D eigenvalue weighted by Crippen LogP contribution is -1.85. The number of phenolic OH excluding ortho intramolecular Hbond substituents is 2. The third kappa shape index (κ3) is 2.84. The van der Waals surface area contributed by atoms with Gasteiger partial charge in [0, 0.05) is 10.5 Å². The van der Waals surface area contributed by atoms with Crippen LogP contribution in [0.25, 0.3) is 11.5 Å². The Hall–Kier alpha value is -2.67. The van der Waals surface area contributed by atoms with Crippen molar-refractivity contribution in [2.24, 2.45) is 0 Å². The zero-order valence-corrected chi connectivity index (χ0v) is 12.4. The third-order valence-corrected chi connectivity index (χ3v) is 3.69. The molecule has 0 spiro atoms. The van der Waals surface area contributed by atoms with Crippen molar-refractivity contribution in [3.05, 3.63) is 42.5 Å². The third-order valence-electron chi connectivity index (χ3n) is 2.88. The standard InChI is InChI=1S/C15H12N2O4S/c1-20-12-8-10(7-11(18)13(12)19)22-15-17-16-14(21-15)9-5-3-2-4-6-9/h2-8,18-19H,1H3. The van der Waals surface area contributed by atoms with Crippen molar-refractivity contribution in [1.29, 1.82) is 0 Å². The summed E-state index contributed by atoms with van der Waals surface area (Å²) in [6.45, 7) is 0. The van der Waals surface area contributed by atoms with Gasteiger partial charge in [0.25, 0.3) is 5.22 Å². The van der Waals surface area contributed by atoms with E-state index < -0.39 is 0 Å². The summed E-state index contributed by atoms with van der Waals surface area (Å²) in [6.07, 6.45) is 0. The zero-order chi connectivity index (χ0) is 15.5. The maximum atomic E-state index is 9.66. The first-order valence-electron chi connectivity index (χ1n) is 6.34. The van der Waals surface area contributed by atoms with E-state index in [0.717, 1.165) is 17.3 Å². The molecule has 112 valence electrons. The number of nitrogens with zero attached hydrogens (tertiary/aromatic N) is 2. The molecule has 6 nitrogen and oxygen atoms in total. The van der Waals surface area contributed by atoms with Crippen LogP contribution >= 0.6 is 11.8 Å². The molecule has 3 rings (SSSR count). The van der Waals surface area contributed by atoms with Gasteiger partial charge in [0.05, 0.1) is 7.11 Å². The summed E-state index contributed by atoms with van der Waals surface area (Å²) in [5, 5.41) is 27.5. The van der Waals surface area contributed by atoms with E-state index in [1.165, 1.54) is 13.2 Å². The van der Waals surface area contributed by atoms with Crippen LogP contribution in [-0.4, -0.2) is 27.5 Å². The van der Waals surface area contributed by atoms with E-state index >= 15 is 0 Å². The molecule has 0 aliphatic carbocycles. The largest absolute Gasteiger partial charge is 0.504 e. The highest BCUT2D eigenvalue weighted by Crippen LogP contribution is 2.41. The van der Waals surface area contributed by atoms with Crippen LogP contribution in [0.4, 0.5) is 0 Å². The predicted molar refractivity (Wildman–Crippen MR) is 80.2 cm³/mol. The molecular weight excluding hydrogens is 304 g/mol. The summed E-state index contributed by atoms with van der Waals surface area (Å²) in [5.74, 6) is 0.00960. The van der Waals surface area contributed by atoms with Crippen LogP contribution in [0.3, 0.4) is 0 Å². The van der Waals surface area contributed by atoms with Crippen molar-refractivity contribution in [2.45, 2.75) is 10.1 Å². The monoisotopic (exact) mass is 316 g/mol. The lowest BCUT2D eigenvalue weighted by molar-refractivity contribution is 0.349. The lowest BCUT2D eigenvalue weighted by atomic mass is 10.2. The minimum Gasteiger partial charge on any atom is -0.504 e. The number of aromatic nitrogens is 2. The number of hydrogen-bond donors (Lipinski definition) is 2. The van der Waals surface area contributed by atoms with Crippen molar-refractivity contribution in [3.63, 3.8) is 0 Å². The first kappa shape index (κ1) is 14.3. The van der Waals surface area contributed by atoms with Gasteiger partial charge in [-0.3, -0.25) is 0 Å². The predicted octanol–water partition coefficient (Wildman–Crippen LogP) is 3.31. The van der Waals surface area contributed by atoms with Gasteiger partial charge in [-0.1, -0.05) is 18.2 Å². The minimum absolute atomic E-state index is 0.172. The van der Waals surface area contributed by atoms with E-state index in [0.29, 0.717) is 16.0 Å². The molecular formula is C15H12N2O4S. The fourth-order valence-electron chi connectivity index (χ4n) is 1.83. The van der Waals surface area contributed by atoms with E-state index in [1.54, 1.807) is 6.07 Å². The number of phenols is 2. The summed E-state index contributed by atoms with van der Waals surface area (Å²) in [5.41, 5.74) is 0.827. The van der Waals surface area contributed by atoms with Gasteiger partial charge in [0.2, 0.25) is 11.6 Å². The van der Waals surface area contributed by atoms with E-state index in [9.17, 15) is 10.2 Å². The van der Waals surface area contributed by atoms with E-state index in [2.05, 4.69) is 10.2 Å². The zero-order valence-electron chi connectivity index (χ0n) is 11.6. The van der Waals surface area contributed by atoms with Crippen LogP contribution < -0.4 is 4.74 Å².